The molecule has 0 unspecified atom stereocenters. The van der Waals surface area contributed by atoms with Crippen molar-refractivity contribution >= 4 is 24.2 Å². The summed E-state index contributed by atoms with van der Waals surface area (Å²) in [6.45, 7) is 1.70. The minimum absolute atomic E-state index is 0.291. The summed E-state index contributed by atoms with van der Waals surface area (Å²) >= 11 is 5.71. The molecule has 0 aliphatic rings. The Balaban J connectivity index is 3.17. The molecule has 1 aromatic heterocycles. The quantitative estimate of drug-likeness (QED) is 0.572. The lowest BCUT2D eigenvalue weighted by Crippen LogP contribution is -2.31. The first kappa shape index (κ1) is 8.52. The van der Waals surface area contributed by atoms with Gasteiger partial charge in [-0.05, 0) is 13.0 Å². The molecule has 0 radical (unpaired) electrons. The van der Waals surface area contributed by atoms with Crippen LogP contribution >= 0.6 is 11.6 Å². The zero-order chi connectivity index (χ0) is 8.43. The Morgan fingerprint density at radius 2 is 2.18 bits per heavy atom. The molecule has 2 N–H and O–H groups in total. The highest BCUT2D eigenvalue weighted by atomic mass is 35.5. The molecule has 0 spiro atoms. The van der Waals surface area contributed by atoms with Gasteiger partial charge in [-0.3, -0.25) is 4.98 Å². The lowest BCUT2D eigenvalue weighted by atomic mass is 9.80. The van der Waals surface area contributed by atoms with Gasteiger partial charge in [0, 0.05) is 11.7 Å². The number of hydrogen-bond acceptors (Lipinski definition) is 3. The van der Waals surface area contributed by atoms with E-state index in [2.05, 4.69) is 4.98 Å². The van der Waals surface area contributed by atoms with Crippen molar-refractivity contribution in [2.75, 3.05) is 0 Å². The van der Waals surface area contributed by atoms with Crippen molar-refractivity contribution in [2.24, 2.45) is 0 Å². The van der Waals surface area contributed by atoms with E-state index in [4.69, 9.17) is 21.6 Å². The van der Waals surface area contributed by atoms with Crippen LogP contribution in [-0.4, -0.2) is 22.2 Å². The molecule has 0 saturated heterocycles. The van der Waals surface area contributed by atoms with Crippen molar-refractivity contribution in [1.29, 1.82) is 0 Å². The first-order valence-electron chi connectivity index (χ1n) is 3.10. The van der Waals surface area contributed by atoms with E-state index < -0.39 is 7.12 Å². The maximum atomic E-state index is 8.77. The minimum Gasteiger partial charge on any atom is -0.423 e. The molecule has 0 atom stereocenters. The molecule has 5 heteroatoms. The van der Waals surface area contributed by atoms with Gasteiger partial charge in [-0.15, -0.1) is 0 Å². The second kappa shape index (κ2) is 3.22. The minimum atomic E-state index is -1.52. The van der Waals surface area contributed by atoms with E-state index in [9.17, 15) is 0 Å². The predicted octanol–water partition coefficient (Wildman–Crippen LogP) is -0.277. The molecular weight excluding hydrogens is 164 g/mol. The number of aromatic nitrogens is 1. The van der Waals surface area contributed by atoms with Gasteiger partial charge in [-0.25, -0.2) is 0 Å². The molecule has 1 heterocycles. The van der Waals surface area contributed by atoms with Gasteiger partial charge < -0.3 is 10.0 Å². The van der Waals surface area contributed by atoms with Gasteiger partial charge in [0.2, 0.25) is 0 Å². The summed E-state index contributed by atoms with van der Waals surface area (Å²) in [7, 11) is -1.52. The van der Waals surface area contributed by atoms with E-state index >= 15 is 0 Å². The number of pyridine rings is 1. The van der Waals surface area contributed by atoms with Crippen LogP contribution in [0.2, 0.25) is 5.02 Å². The van der Waals surface area contributed by atoms with Gasteiger partial charge >= 0.3 is 7.12 Å². The molecule has 58 valence electrons. The van der Waals surface area contributed by atoms with Crippen molar-refractivity contribution in [3.8, 4) is 0 Å². The van der Waals surface area contributed by atoms with Crippen LogP contribution in [0.25, 0.3) is 0 Å². The summed E-state index contributed by atoms with van der Waals surface area (Å²) in [6.07, 6.45) is 1.48. The average molecular weight is 171 g/mol. The second-order valence-corrected chi connectivity index (χ2v) is 2.55. The van der Waals surface area contributed by atoms with Crippen molar-refractivity contribution in [2.45, 2.75) is 6.92 Å². The topological polar surface area (TPSA) is 53.4 Å². The van der Waals surface area contributed by atoms with Crippen LogP contribution in [0.5, 0.6) is 0 Å². The van der Waals surface area contributed by atoms with Gasteiger partial charge in [0.1, 0.15) is 0 Å². The molecule has 0 aliphatic heterocycles. The fourth-order valence-electron chi connectivity index (χ4n) is 0.768. The number of hydrogen-bond donors (Lipinski definition) is 2. The Morgan fingerprint density at radius 1 is 1.55 bits per heavy atom. The first-order valence-corrected chi connectivity index (χ1v) is 3.48. The SMILES string of the molecule is Cc1nccc(B(O)O)c1Cl. The molecule has 0 bridgehead atoms. The molecule has 1 aromatic rings. The molecule has 11 heavy (non-hydrogen) atoms. The van der Waals surface area contributed by atoms with Crippen molar-refractivity contribution < 1.29 is 10.0 Å². The first-order chi connectivity index (χ1) is 5.13. The molecule has 0 aliphatic carbocycles. The maximum absolute atomic E-state index is 8.77. The molecular formula is C6H7BClNO2. The Hall–Kier alpha value is -0.575. The standard InChI is InChI=1S/C6H7BClNO2/c1-4-6(8)5(7(10)11)2-3-9-4/h2-3,10-11H,1H3. The highest BCUT2D eigenvalue weighted by molar-refractivity contribution is 6.62. The number of aryl methyl sites for hydroxylation is 1. The molecule has 3 nitrogen and oxygen atoms in total. The summed E-state index contributed by atoms with van der Waals surface area (Å²) in [6, 6.07) is 1.47. The number of nitrogens with zero attached hydrogens (tertiary/aromatic N) is 1. The van der Waals surface area contributed by atoms with Gasteiger partial charge in [0.05, 0.1) is 10.7 Å². The van der Waals surface area contributed by atoms with Crippen LogP contribution in [0.15, 0.2) is 12.3 Å². The molecule has 0 aromatic carbocycles. The Bertz CT molecular complexity index is 267. The van der Waals surface area contributed by atoms with Crippen molar-refractivity contribution in [3.63, 3.8) is 0 Å². The largest absolute Gasteiger partial charge is 0.490 e. The van der Waals surface area contributed by atoms with Crippen molar-refractivity contribution in [1.82, 2.24) is 4.98 Å². The van der Waals surface area contributed by atoms with Crippen molar-refractivity contribution in [3.05, 3.63) is 23.0 Å². The van der Waals surface area contributed by atoms with Crippen LogP contribution < -0.4 is 5.46 Å². The zero-order valence-corrected chi connectivity index (χ0v) is 6.71. The van der Waals surface area contributed by atoms with E-state index in [1.54, 1.807) is 6.92 Å². The van der Waals surface area contributed by atoms with E-state index in [1.807, 2.05) is 0 Å². The molecule has 0 amide bonds. The van der Waals surface area contributed by atoms with Crippen LogP contribution in [0.1, 0.15) is 5.69 Å². The third kappa shape index (κ3) is 1.71. The molecule has 0 saturated carbocycles. The van der Waals surface area contributed by atoms with Crippen LogP contribution in [0, 0.1) is 6.92 Å². The Morgan fingerprint density at radius 3 is 2.64 bits per heavy atom. The lowest BCUT2D eigenvalue weighted by Gasteiger charge is -2.02. The third-order valence-corrected chi connectivity index (χ3v) is 1.86. The summed E-state index contributed by atoms with van der Waals surface area (Å²) in [5.74, 6) is 0. The molecule has 1 rings (SSSR count). The van der Waals surface area contributed by atoms with Crippen LogP contribution in [-0.2, 0) is 0 Å². The zero-order valence-electron chi connectivity index (χ0n) is 5.95. The molecule has 0 fully saturated rings. The number of rotatable bonds is 1. The smallest absolute Gasteiger partial charge is 0.423 e. The Kier molecular flexibility index (Phi) is 2.49. The van der Waals surface area contributed by atoms with Gasteiger partial charge in [-0.2, -0.15) is 0 Å². The average Bonchev–Trinajstić information content (AvgIpc) is 1.94. The summed E-state index contributed by atoms with van der Waals surface area (Å²) in [5, 5.41) is 17.9. The summed E-state index contributed by atoms with van der Waals surface area (Å²) in [5.41, 5.74) is 0.886. The fourth-order valence-corrected chi connectivity index (χ4v) is 0.977. The van der Waals surface area contributed by atoms with E-state index in [1.165, 1.54) is 12.3 Å². The van der Waals surface area contributed by atoms with Gasteiger partial charge in [0.15, 0.2) is 0 Å². The van der Waals surface area contributed by atoms with E-state index in [0.717, 1.165) is 0 Å². The van der Waals surface area contributed by atoms with Crippen LogP contribution in [0.4, 0.5) is 0 Å². The van der Waals surface area contributed by atoms with Gasteiger partial charge in [0.25, 0.3) is 0 Å². The maximum Gasteiger partial charge on any atom is 0.490 e. The van der Waals surface area contributed by atoms with E-state index in [0.29, 0.717) is 16.2 Å². The predicted molar refractivity (Wildman–Crippen MR) is 43.8 cm³/mol. The second-order valence-electron chi connectivity index (χ2n) is 2.17. The summed E-state index contributed by atoms with van der Waals surface area (Å²) < 4.78 is 0. The highest BCUT2D eigenvalue weighted by Crippen LogP contribution is 2.08. The number of halogens is 1. The Labute approximate surface area is 69.8 Å². The third-order valence-electron chi connectivity index (χ3n) is 1.37. The monoisotopic (exact) mass is 171 g/mol. The van der Waals surface area contributed by atoms with E-state index in [-0.39, 0.29) is 0 Å². The lowest BCUT2D eigenvalue weighted by molar-refractivity contribution is 0.425. The fraction of sp³-hybridized carbons (Fsp3) is 0.167. The van der Waals surface area contributed by atoms with Crippen LogP contribution in [0.3, 0.4) is 0 Å². The van der Waals surface area contributed by atoms with Gasteiger partial charge in [-0.1, -0.05) is 11.6 Å². The normalized spacial score (nSPS) is 9.82. The summed E-state index contributed by atoms with van der Waals surface area (Å²) in [4.78, 5) is 3.87. The highest BCUT2D eigenvalue weighted by Gasteiger charge is 2.15.